The van der Waals surface area contributed by atoms with Crippen LogP contribution in [0.25, 0.3) is 0 Å². The largest absolute Gasteiger partial charge is 0.497 e. The van der Waals surface area contributed by atoms with Gasteiger partial charge in [0.1, 0.15) is 5.75 Å². The van der Waals surface area contributed by atoms with E-state index in [1.807, 2.05) is 0 Å². The highest BCUT2D eigenvalue weighted by atomic mass is 35.5. The number of Topliss-reactive ketones (excluding diaryl/α,β-unsaturated/α-hetero) is 1. The summed E-state index contributed by atoms with van der Waals surface area (Å²) in [6.45, 7) is 1.66. The van der Waals surface area contributed by atoms with Crippen molar-refractivity contribution in [3.63, 3.8) is 0 Å². The van der Waals surface area contributed by atoms with Crippen molar-refractivity contribution in [1.29, 1.82) is 0 Å². The summed E-state index contributed by atoms with van der Waals surface area (Å²) in [5, 5.41) is -0.153. The first kappa shape index (κ1) is 15.7. The fourth-order valence-corrected chi connectivity index (χ4v) is 3.22. The topological polar surface area (TPSA) is 43.4 Å². The van der Waals surface area contributed by atoms with Gasteiger partial charge in [-0.1, -0.05) is 23.7 Å². The molecule has 110 valence electrons. The Labute approximate surface area is 131 Å². The molecule has 0 saturated heterocycles. The number of methoxy groups -OCH3 is 1. The molecule has 0 amide bonds. The zero-order valence-electron chi connectivity index (χ0n) is 11.7. The lowest BCUT2D eigenvalue weighted by molar-refractivity contribution is 0.0992. The zero-order valence-corrected chi connectivity index (χ0v) is 13.3. The van der Waals surface area contributed by atoms with Gasteiger partial charge in [-0.2, -0.15) is 0 Å². The van der Waals surface area contributed by atoms with Crippen LogP contribution < -0.4 is 4.74 Å². The number of hydrogen-bond donors (Lipinski definition) is 0. The van der Waals surface area contributed by atoms with E-state index >= 15 is 0 Å². The molecule has 0 saturated carbocycles. The summed E-state index contributed by atoms with van der Waals surface area (Å²) >= 11 is 5.88. The first-order valence-electron chi connectivity index (χ1n) is 6.37. The van der Waals surface area contributed by atoms with Gasteiger partial charge in [0.25, 0.3) is 0 Å². The molecule has 5 heteroatoms. The van der Waals surface area contributed by atoms with Crippen molar-refractivity contribution in [2.75, 3.05) is 7.11 Å². The summed E-state index contributed by atoms with van der Waals surface area (Å²) in [6, 6.07) is 13.5. The van der Waals surface area contributed by atoms with E-state index in [4.69, 9.17) is 16.3 Å². The molecule has 2 atom stereocenters. The van der Waals surface area contributed by atoms with Crippen molar-refractivity contribution < 1.29 is 13.7 Å². The van der Waals surface area contributed by atoms with Gasteiger partial charge in [0, 0.05) is 15.5 Å². The van der Waals surface area contributed by atoms with Gasteiger partial charge in [0.15, 0.2) is 5.78 Å². The molecule has 2 aromatic carbocycles. The fourth-order valence-electron chi connectivity index (χ4n) is 1.89. The van der Waals surface area contributed by atoms with Crippen LogP contribution in [0.5, 0.6) is 5.75 Å². The van der Waals surface area contributed by atoms with Crippen LogP contribution in [0.2, 0.25) is 5.02 Å². The van der Waals surface area contributed by atoms with E-state index in [-0.39, 0.29) is 5.78 Å². The number of ketones is 1. The summed E-state index contributed by atoms with van der Waals surface area (Å²) in [4.78, 5) is 13.0. The molecule has 2 aromatic rings. The molecule has 0 aliphatic carbocycles. The van der Waals surface area contributed by atoms with Crippen LogP contribution in [-0.4, -0.2) is 22.4 Å². The van der Waals surface area contributed by atoms with Crippen LogP contribution in [0, 0.1) is 0 Å². The van der Waals surface area contributed by atoms with E-state index < -0.39 is 16.0 Å². The SMILES string of the molecule is COc1ccc(S(=O)C(C)C(=O)c2cccc(Cl)c2)cc1. The van der Waals surface area contributed by atoms with Crippen LogP contribution in [0.4, 0.5) is 0 Å². The molecule has 0 aromatic heterocycles. The second-order valence-corrected chi connectivity index (χ2v) is 6.70. The average molecular weight is 323 g/mol. The maximum Gasteiger partial charge on any atom is 0.178 e. The molecule has 0 heterocycles. The monoisotopic (exact) mass is 322 g/mol. The molecule has 0 aliphatic rings. The molecule has 0 fully saturated rings. The van der Waals surface area contributed by atoms with Crippen LogP contribution in [0.3, 0.4) is 0 Å². The van der Waals surface area contributed by atoms with Crippen molar-refractivity contribution >= 4 is 28.2 Å². The Kier molecular flexibility index (Phi) is 5.15. The first-order valence-corrected chi connectivity index (χ1v) is 7.96. The molecular formula is C16H15ClO3S. The third-order valence-electron chi connectivity index (χ3n) is 3.09. The Hall–Kier alpha value is -1.65. The van der Waals surface area contributed by atoms with E-state index in [9.17, 15) is 9.00 Å². The van der Waals surface area contributed by atoms with Crippen LogP contribution in [-0.2, 0) is 10.8 Å². The molecule has 0 bridgehead atoms. The number of halogens is 1. The smallest absolute Gasteiger partial charge is 0.178 e. The first-order chi connectivity index (χ1) is 10.0. The van der Waals surface area contributed by atoms with Gasteiger partial charge in [-0.05, 0) is 43.3 Å². The third-order valence-corrected chi connectivity index (χ3v) is 4.92. The number of carbonyl (C=O) groups excluding carboxylic acids is 1. The minimum Gasteiger partial charge on any atom is -0.497 e. The number of rotatable bonds is 5. The van der Waals surface area contributed by atoms with E-state index in [1.165, 1.54) is 0 Å². The number of ether oxygens (including phenoxy) is 1. The molecule has 0 spiro atoms. The summed E-state index contributed by atoms with van der Waals surface area (Å²) in [5.74, 6) is 0.497. The molecule has 21 heavy (non-hydrogen) atoms. The normalized spacial score (nSPS) is 13.5. The fraction of sp³-hybridized carbons (Fsp3) is 0.188. The lowest BCUT2D eigenvalue weighted by Gasteiger charge is -2.11. The standard InChI is InChI=1S/C16H15ClO3S/c1-11(16(18)12-4-3-5-13(17)10-12)21(19)15-8-6-14(20-2)7-9-15/h3-11H,1-2H3. The minimum absolute atomic E-state index is 0.188. The predicted molar refractivity (Wildman–Crippen MR) is 84.6 cm³/mol. The predicted octanol–water partition coefficient (Wildman–Crippen LogP) is 3.73. The maximum atomic E-state index is 12.5. The van der Waals surface area contributed by atoms with E-state index in [1.54, 1.807) is 62.6 Å². The van der Waals surface area contributed by atoms with Gasteiger partial charge in [0.2, 0.25) is 0 Å². The van der Waals surface area contributed by atoms with Crippen LogP contribution in [0.15, 0.2) is 53.4 Å². The highest BCUT2D eigenvalue weighted by Gasteiger charge is 2.22. The molecule has 3 nitrogen and oxygen atoms in total. The Morgan fingerprint density at radius 3 is 2.43 bits per heavy atom. The van der Waals surface area contributed by atoms with Gasteiger partial charge in [-0.3, -0.25) is 9.00 Å². The highest BCUT2D eigenvalue weighted by molar-refractivity contribution is 7.86. The lowest BCUT2D eigenvalue weighted by atomic mass is 10.1. The highest BCUT2D eigenvalue weighted by Crippen LogP contribution is 2.20. The van der Waals surface area contributed by atoms with Crippen LogP contribution >= 0.6 is 11.6 Å². The number of hydrogen-bond acceptors (Lipinski definition) is 3. The van der Waals surface area contributed by atoms with Gasteiger partial charge in [0.05, 0.1) is 23.2 Å². The van der Waals surface area contributed by atoms with E-state index in [2.05, 4.69) is 0 Å². The van der Waals surface area contributed by atoms with Gasteiger partial charge >= 0.3 is 0 Å². The second-order valence-electron chi connectivity index (χ2n) is 4.49. The van der Waals surface area contributed by atoms with Crippen molar-refractivity contribution in [1.82, 2.24) is 0 Å². The van der Waals surface area contributed by atoms with E-state index in [0.717, 1.165) is 0 Å². The van der Waals surface area contributed by atoms with Gasteiger partial charge in [-0.25, -0.2) is 0 Å². The quantitative estimate of drug-likeness (QED) is 0.788. The van der Waals surface area contributed by atoms with Crippen molar-refractivity contribution in [2.24, 2.45) is 0 Å². The average Bonchev–Trinajstić information content (AvgIpc) is 2.53. The summed E-state index contributed by atoms with van der Waals surface area (Å²) in [5.41, 5.74) is 0.469. The molecule has 0 aliphatic heterocycles. The Morgan fingerprint density at radius 2 is 1.86 bits per heavy atom. The van der Waals surface area contributed by atoms with Gasteiger partial charge < -0.3 is 4.74 Å². The summed E-state index contributed by atoms with van der Waals surface area (Å²) in [7, 11) is 0.143. The summed E-state index contributed by atoms with van der Waals surface area (Å²) < 4.78 is 17.5. The summed E-state index contributed by atoms with van der Waals surface area (Å²) in [6.07, 6.45) is 0. The minimum atomic E-state index is -1.42. The molecule has 0 radical (unpaired) electrons. The number of benzene rings is 2. The maximum absolute atomic E-state index is 12.5. The van der Waals surface area contributed by atoms with Crippen molar-refractivity contribution in [3.8, 4) is 5.75 Å². The van der Waals surface area contributed by atoms with Gasteiger partial charge in [-0.15, -0.1) is 0 Å². The second kappa shape index (κ2) is 6.87. The van der Waals surface area contributed by atoms with Crippen LogP contribution in [0.1, 0.15) is 17.3 Å². The zero-order chi connectivity index (χ0) is 15.4. The molecule has 0 N–H and O–H groups in total. The molecular weight excluding hydrogens is 308 g/mol. The van der Waals surface area contributed by atoms with Crippen molar-refractivity contribution in [2.45, 2.75) is 17.1 Å². The third kappa shape index (κ3) is 3.71. The Morgan fingerprint density at radius 1 is 1.19 bits per heavy atom. The lowest BCUT2D eigenvalue weighted by Crippen LogP contribution is -2.22. The van der Waals surface area contributed by atoms with E-state index in [0.29, 0.717) is 21.2 Å². The van der Waals surface area contributed by atoms with Crippen molar-refractivity contribution in [3.05, 3.63) is 59.1 Å². The molecule has 2 rings (SSSR count). The number of carbonyl (C=O) groups is 1. The Balaban J connectivity index is 2.20. The Bertz CT molecular complexity index is 667. The molecule has 2 unspecified atom stereocenters.